The average Bonchev–Trinajstić information content (AvgIpc) is 2.72. The van der Waals surface area contributed by atoms with E-state index in [1.807, 2.05) is 30.3 Å². The number of nitrogens with one attached hydrogen (secondary N) is 1. The molecule has 0 aliphatic carbocycles. The van der Waals surface area contributed by atoms with Gasteiger partial charge in [-0.15, -0.1) is 10.2 Å². The van der Waals surface area contributed by atoms with Crippen LogP contribution in [-0.4, -0.2) is 43.4 Å². The number of carbonyl (C=O) groups is 1. The molecule has 0 saturated carbocycles. The van der Waals surface area contributed by atoms with Crippen LogP contribution < -0.4 is 19.7 Å². The quantitative estimate of drug-likeness (QED) is 0.853. The van der Waals surface area contributed by atoms with E-state index in [0.717, 1.165) is 43.1 Å². The fourth-order valence-corrected chi connectivity index (χ4v) is 3.14. The molecule has 0 unspecified atom stereocenters. The summed E-state index contributed by atoms with van der Waals surface area (Å²) in [6.07, 6.45) is 1.59. The van der Waals surface area contributed by atoms with Gasteiger partial charge in [0.05, 0.1) is 14.2 Å². The molecule has 1 saturated heterocycles. The fraction of sp³-hybridized carbons (Fsp3) is 0.421. The van der Waals surface area contributed by atoms with Crippen molar-refractivity contribution in [1.82, 2.24) is 15.5 Å². The minimum atomic E-state index is 0.0205. The van der Waals surface area contributed by atoms with E-state index < -0.39 is 0 Å². The maximum atomic E-state index is 12.5. The van der Waals surface area contributed by atoms with Gasteiger partial charge in [-0.25, -0.2) is 0 Å². The molecule has 1 amide bonds. The van der Waals surface area contributed by atoms with E-state index in [0.29, 0.717) is 12.4 Å². The van der Waals surface area contributed by atoms with Gasteiger partial charge in [0.25, 0.3) is 0 Å². The van der Waals surface area contributed by atoms with Crippen molar-refractivity contribution >= 4 is 11.7 Å². The highest BCUT2D eigenvalue weighted by molar-refractivity contribution is 5.79. The van der Waals surface area contributed by atoms with E-state index in [9.17, 15) is 4.79 Å². The summed E-state index contributed by atoms with van der Waals surface area (Å²) in [5.74, 6) is 2.22. The lowest BCUT2D eigenvalue weighted by Gasteiger charge is -2.31. The molecule has 1 aromatic heterocycles. The van der Waals surface area contributed by atoms with Crippen molar-refractivity contribution in [2.45, 2.75) is 19.4 Å². The van der Waals surface area contributed by atoms with Crippen molar-refractivity contribution in [1.29, 1.82) is 0 Å². The summed E-state index contributed by atoms with van der Waals surface area (Å²) in [5, 5.41) is 11.2. The zero-order chi connectivity index (χ0) is 18.4. The molecular formula is C19H24N4O3. The normalized spacial score (nSPS) is 14.8. The Labute approximate surface area is 153 Å². The average molecular weight is 356 g/mol. The molecule has 1 aliphatic rings. The Morgan fingerprint density at radius 2 is 1.88 bits per heavy atom. The van der Waals surface area contributed by atoms with Crippen LogP contribution in [0.2, 0.25) is 0 Å². The first kappa shape index (κ1) is 18.0. The van der Waals surface area contributed by atoms with E-state index >= 15 is 0 Å². The number of benzene rings is 1. The first-order valence-electron chi connectivity index (χ1n) is 8.73. The number of aromatic nitrogens is 2. The standard InChI is InChI=1S/C19H24N4O3/c1-25-16-6-4-3-5-15(16)13-20-19(24)14-9-11-23(12-10-14)17-7-8-18(26-2)22-21-17/h3-8,14H,9-13H2,1-2H3,(H,20,24). The van der Waals surface area contributed by atoms with Gasteiger partial charge in [-0.1, -0.05) is 18.2 Å². The third-order valence-electron chi connectivity index (χ3n) is 4.67. The summed E-state index contributed by atoms with van der Waals surface area (Å²) in [7, 11) is 3.21. The molecule has 26 heavy (non-hydrogen) atoms. The molecule has 0 bridgehead atoms. The summed E-state index contributed by atoms with van der Waals surface area (Å²) >= 11 is 0. The number of carbonyl (C=O) groups excluding carboxylic acids is 1. The van der Waals surface area contributed by atoms with Gasteiger partial charge in [-0.2, -0.15) is 0 Å². The molecular weight excluding hydrogens is 332 g/mol. The molecule has 138 valence electrons. The molecule has 2 heterocycles. The van der Waals surface area contributed by atoms with Crippen LogP contribution in [0, 0.1) is 5.92 Å². The molecule has 1 aliphatic heterocycles. The number of hydrogen-bond acceptors (Lipinski definition) is 6. The Balaban J connectivity index is 1.50. The molecule has 0 atom stereocenters. The van der Waals surface area contributed by atoms with Crippen LogP contribution in [0.25, 0.3) is 0 Å². The number of anilines is 1. The van der Waals surface area contributed by atoms with Gasteiger partial charge >= 0.3 is 0 Å². The van der Waals surface area contributed by atoms with Crippen molar-refractivity contribution in [2.24, 2.45) is 5.92 Å². The number of methoxy groups -OCH3 is 2. The van der Waals surface area contributed by atoms with Crippen LogP contribution in [0.15, 0.2) is 36.4 Å². The maximum absolute atomic E-state index is 12.5. The van der Waals surface area contributed by atoms with Gasteiger partial charge in [-0.3, -0.25) is 4.79 Å². The molecule has 1 fully saturated rings. The zero-order valence-electron chi connectivity index (χ0n) is 15.1. The lowest BCUT2D eigenvalue weighted by atomic mass is 9.96. The Kier molecular flexibility index (Phi) is 5.88. The van der Waals surface area contributed by atoms with E-state index in [1.165, 1.54) is 0 Å². The molecule has 7 heteroatoms. The number of rotatable bonds is 6. The minimum Gasteiger partial charge on any atom is -0.496 e. The van der Waals surface area contributed by atoms with Crippen molar-refractivity contribution in [3.63, 3.8) is 0 Å². The maximum Gasteiger partial charge on any atom is 0.233 e. The highest BCUT2D eigenvalue weighted by Gasteiger charge is 2.25. The topological polar surface area (TPSA) is 76.6 Å². The largest absolute Gasteiger partial charge is 0.496 e. The number of para-hydroxylation sites is 1. The van der Waals surface area contributed by atoms with Gasteiger partial charge in [0.1, 0.15) is 5.75 Å². The Morgan fingerprint density at radius 1 is 1.12 bits per heavy atom. The van der Waals surface area contributed by atoms with Crippen LogP contribution >= 0.6 is 0 Å². The van der Waals surface area contributed by atoms with Gasteiger partial charge in [0, 0.05) is 37.2 Å². The fourth-order valence-electron chi connectivity index (χ4n) is 3.14. The molecule has 1 aromatic carbocycles. The summed E-state index contributed by atoms with van der Waals surface area (Å²) in [4.78, 5) is 14.6. The second-order valence-electron chi connectivity index (χ2n) is 6.22. The molecule has 0 radical (unpaired) electrons. The van der Waals surface area contributed by atoms with E-state index in [2.05, 4.69) is 20.4 Å². The molecule has 3 rings (SSSR count). The molecule has 0 spiro atoms. The summed E-state index contributed by atoms with van der Waals surface area (Å²) in [6.45, 7) is 2.05. The van der Waals surface area contributed by atoms with E-state index in [-0.39, 0.29) is 11.8 Å². The van der Waals surface area contributed by atoms with Crippen LogP contribution in [-0.2, 0) is 11.3 Å². The second-order valence-corrected chi connectivity index (χ2v) is 6.22. The van der Waals surface area contributed by atoms with Gasteiger partial charge in [-0.05, 0) is 25.0 Å². The van der Waals surface area contributed by atoms with Crippen LogP contribution in [0.1, 0.15) is 18.4 Å². The Bertz CT molecular complexity index is 728. The summed E-state index contributed by atoms with van der Waals surface area (Å²) < 4.78 is 10.4. The van der Waals surface area contributed by atoms with Crippen LogP contribution in [0.3, 0.4) is 0 Å². The Morgan fingerprint density at radius 3 is 2.54 bits per heavy atom. The van der Waals surface area contributed by atoms with Crippen molar-refractivity contribution < 1.29 is 14.3 Å². The predicted octanol–water partition coefficient (Wildman–Crippen LogP) is 2.03. The third-order valence-corrected chi connectivity index (χ3v) is 4.67. The van der Waals surface area contributed by atoms with Gasteiger partial charge in [0.15, 0.2) is 5.82 Å². The van der Waals surface area contributed by atoms with Crippen LogP contribution in [0.5, 0.6) is 11.6 Å². The smallest absolute Gasteiger partial charge is 0.233 e. The third kappa shape index (κ3) is 4.22. The van der Waals surface area contributed by atoms with Crippen molar-refractivity contribution in [3.8, 4) is 11.6 Å². The number of hydrogen-bond donors (Lipinski definition) is 1. The van der Waals surface area contributed by atoms with Gasteiger partial charge in [0.2, 0.25) is 11.8 Å². The first-order chi connectivity index (χ1) is 12.7. The highest BCUT2D eigenvalue weighted by Crippen LogP contribution is 2.23. The Hall–Kier alpha value is -2.83. The molecule has 2 aromatic rings. The van der Waals surface area contributed by atoms with Crippen molar-refractivity contribution in [2.75, 3.05) is 32.2 Å². The number of amides is 1. The monoisotopic (exact) mass is 356 g/mol. The highest BCUT2D eigenvalue weighted by atomic mass is 16.5. The lowest BCUT2D eigenvalue weighted by Crippen LogP contribution is -2.40. The van der Waals surface area contributed by atoms with E-state index in [1.54, 1.807) is 20.3 Å². The minimum absolute atomic E-state index is 0.0205. The SMILES string of the molecule is COc1ccc(N2CCC(C(=O)NCc3ccccc3OC)CC2)nn1. The number of piperidine rings is 1. The van der Waals surface area contributed by atoms with Crippen LogP contribution in [0.4, 0.5) is 5.82 Å². The number of nitrogens with zero attached hydrogens (tertiary/aromatic N) is 3. The summed E-state index contributed by atoms with van der Waals surface area (Å²) in [6, 6.07) is 11.4. The summed E-state index contributed by atoms with van der Waals surface area (Å²) in [5.41, 5.74) is 0.981. The lowest BCUT2D eigenvalue weighted by molar-refractivity contribution is -0.125. The number of ether oxygens (including phenoxy) is 2. The molecule has 1 N–H and O–H groups in total. The molecule has 7 nitrogen and oxygen atoms in total. The van der Waals surface area contributed by atoms with Gasteiger partial charge < -0.3 is 19.7 Å². The predicted molar refractivity (Wildman–Crippen MR) is 98.4 cm³/mol. The van der Waals surface area contributed by atoms with Crippen molar-refractivity contribution in [3.05, 3.63) is 42.0 Å². The zero-order valence-corrected chi connectivity index (χ0v) is 15.1. The second kappa shape index (κ2) is 8.51. The first-order valence-corrected chi connectivity index (χ1v) is 8.73. The van der Waals surface area contributed by atoms with E-state index in [4.69, 9.17) is 9.47 Å².